The van der Waals surface area contributed by atoms with Crippen LogP contribution in [0.5, 0.6) is 0 Å². The Morgan fingerprint density at radius 3 is 1.85 bits per heavy atom. The van der Waals surface area contributed by atoms with Gasteiger partial charge in [-0.2, -0.15) is 0 Å². The maximum atomic E-state index is 13.0. The molecule has 0 saturated carbocycles. The molecule has 0 spiro atoms. The molecule has 3 aromatic carbocycles. The molecular weight excluding hydrogens is 422 g/mol. The number of carbonyl (C=O) groups excluding carboxylic acids is 2. The van der Waals surface area contributed by atoms with Crippen LogP contribution in [0.15, 0.2) is 89.1 Å². The van der Waals surface area contributed by atoms with E-state index in [0.717, 1.165) is 27.8 Å². The fourth-order valence-corrected chi connectivity index (χ4v) is 3.86. The van der Waals surface area contributed by atoms with Crippen molar-refractivity contribution in [3.8, 4) is 11.1 Å². The summed E-state index contributed by atoms with van der Waals surface area (Å²) in [5, 5.41) is 11.8. The smallest absolute Gasteiger partial charge is 0.268 e. The summed E-state index contributed by atoms with van der Waals surface area (Å²) >= 11 is 0. The number of Topliss-reactive ketones (excluding diaryl/α,β-unsaturated/α-hetero) is 1. The molecule has 0 radical (unpaired) electrons. The second-order valence-electron chi connectivity index (χ2n) is 9.43. The van der Waals surface area contributed by atoms with Gasteiger partial charge in [-0.3, -0.25) is 9.59 Å². The molecule has 1 aliphatic rings. The average molecular weight is 452 g/mol. The van der Waals surface area contributed by atoms with Crippen LogP contribution in [0.3, 0.4) is 0 Å². The zero-order valence-corrected chi connectivity index (χ0v) is 19.8. The van der Waals surface area contributed by atoms with Crippen LogP contribution in [0.25, 0.3) is 11.1 Å². The Hall–Kier alpha value is -3.86. The van der Waals surface area contributed by atoms with Crippen molar-refractivity contribution in [2.24, 2.45) is 15.6 Å². The van der Waals surface area contributed by atoms with Gasteiger partial charge < -0.3 is 5.32 Å². The standard InChI is InChI=1S/C29H29N3O2/c1-29(2,3)26(33)19-25(28(34)30-18-17-20-11-5-4-6-12-20)31-32-27-23-15-9-7-13-21(23)22-14-8-10-16-24(22)27/h4-16H,17-19H2,1-3H3,(H,30,34). The number of fused-ring (bicyclic) bond motifs is 3. The van der Waals surface area contributed by atoms with E-state index >= 15 is 0 Å². The van der Waals surface area contributed by atoms with E-state index in [1.807, 2.05) is 87.5 Å². The minimum atomic E-state index is -0.579. The first-order valence-electron chi connectivity index (χ1n) is 11.5. The Bertz CT molecular complexity index is 1220. The zero-order chi connectivity index (χ0) is 24.1. The summed E-state index contributed by atoms with van der Waals surface area (Å²) in [6, 6.07) is 26.0. The summed E-state index contributed by atoms with van der Waals surface area (Å²) in [6.07, 6.45) is 0.628. The third kappa shape index (κ3) is 5.20. The third-order valence-corrected chi connectivity index (χ3v) is 5.89. The number of hydrogen-bond donors (Lipinski definition) is 1. The second-order valence-corrected chi connectivity index (χ2v) is 9.43. The highest BCUT2D eigenvalue weighted by Crippen LogP contribution is 2.36. The van der Waals surface area contributed by atoms with Gasteiger partial charge in [0.25, 0.3) is 5.91 Å². The number of hydrogen-bond acceptors (Lipinski definition) is 4. The van der Waals surface area contributed by atoms with Crippen molar-refractivity contribution >= 4 is 23.1 Å². The van der Waals surface area contributed by atoms with Crippen LogP contribution in [0.2, 0.25) is 0 Å². The van der Waals surface area contributed by atoms with Crippen LogP contribution in [0.4, 0.5) is 0 Å². The number of ketones is 1. The van der Waals surface area contributed by atoms with Gasteiger partial charge >= 0.3 is 0 Å². The Balaban J connectivity index is 1.62. The molecule has 0 atom stereocenters. The molecular formula is C29H29N3O2. The summed E-state index contributed by atoms with van der Waals surface area (Å²) < 4.78 is 0. The molecule has 34 heavy (non-hydrogen) atoms. The van der Waals surface area contributed by atoms with Crippen molar-refractivity contribution < 1.29 is 9.59 Å². The lowest BCUT2D eigenvalue weighted by Gasteiger charge is -2.16. The highest BCUT2D eigenvalue weighted by molar-refractivity contribution is 6.42. The number of rotatable bonds is 7. The first-order chi connectivity index (χ1) is 16.3. The normalized spacial score (nSPS) is 12.7. The number of nitrogens with zero attached hydrogens (tertiary/aromatic N) is 2. The van der Waals surface area contributed by atoms with E-state index in [2.05, 4.69) is 27.7 Å². The molecule has 0 saturated heterocycles. The first kappa shape index (κ1) is 23.3. The monoisotopic (exact) mass is 451 g/mol. The van der Waals surface area contributed by atoms with Crippen molar-refractivity contribution in [2.45, 2.75) is 33.6 Å². The largest absolute Gasteiger partial charge is 0.351 e. The number of amides is 1. The molecule has 4 rings (SSSR count). The maximum Gasteiger partial charge on any atom is 0.268 e. The molecule has 0 aliphatic heterocycles. The van der Waals surface area contributed by atoms with Crippen LogP contribution in [0, 0.1) is 5.41 Å². The van der Waals surface area contributed by atoms with Crippen LogP contribution in [-0.2, 0) is 16.0 Å². The third-order valence-electron chi connectivity index (χ3n) is 5.89. The Morgan fingerprint density at radius 1 is 0.765 bits per heavy atom. The van der Waals surface area contributed by atoms with Crippen molar-refractivity contribution in [2.75, 3.05) is 6.54 Å². The van der Waals surface area contributed by atoms with Crippen molar-refractivity contribution in [1.29, 1.82) is 0 Å². The van der Waals surface area contributed by atoms with E-state index < -0.39 is 5.41 Å². The van der Waals surface area contributed by atoms with Crippen molar-refractivity contribution in [3.63, 3.8) is 0 Å². The minimum absolute atomic E-state index is 0.0584. The molecule has 0 heterocycles. The SMILES string of the molecule is CC(C)(C)C(=O)CC(=NN=C1c2ccccc2-c2ccccc21)C(=O)NCCc1ccccc1. The fraction of sp³-hybridized carbons (Fsp3) is 0.241. The van der Waals surface area contributed by atoms with Gasteiger partial charge in [-0.15, -0.1) is 10.2 Å². The number of benzene rings is 3. The van der Waals surface area contributed by atoms with Gasteiger partial charge in [-0.05, 0) is 23.1 Å². The lowest BCUT2D eigenvalue weighted by Crippen LogP contribution is -2.35. The number of carbonyl (C=O) groups is 2. The molecule has 1 amide bonds. The summed E-state index contributed by atoms with van der Waals surface area (Å²) in [5.74, 6) is -0.422. The van der Waals surface area contributed by atoms with Crippen LogP contribution >= 0.6 is 0 Å². The summed E-state index contributed by atoms with van der Waals surface area (Å²) in [7, 11) is 0. The highest BCUT2D eigenvalue weighted by Gasteiger charge is 2.27. The Morgan fingerprint density at radius 2 is 1.29 bits per heavy atom. The van der Waals surface area contributed by atoms with Gasteiger partial charge in [0.1, 0.15) is 17.2 Å². The zero-order valence-electron chi connectivity index (χ0n) is 19.8. The average Bonchev–Trinajstić information content (AvgIpc) is 3.15. The lowest BCUT2D eigenvalue weighted by molar-refractivity contribution is -0.125. The van der Waals surface area contributed by atoms with Gasteiger partial charge in [0.15, 0.2) is 0 Å². The van der Waals surface area contributed by atoms with Gasteiger partial charge in [-0.25, -0.2) is 0 Å². The lowest BCUT2D eigenvalue weighted by atomic mass is 9.88. The molecule has 1 N–H and O–H groups in total. The van der Waals surface area contributed by atoms with E-state index in [0.29, 0.717) is 18.7 Å². The summed E-state index contributed by atoms with van der Waals surface area (Å²) in [5.41, 5.74) is 5.51. The van der Waals surface area contributed by atoms with E-state index in [-0.39, 0.29) is 23.8 Å². The van der Waals surface area contributed by atoms with Gasteiger partial charge in [0, 0.05) is 23.1 Å². The van der Waals surface area contributed by atoms with E-state index in [1.54, 1.807) is 0 Å². The maximum absolute atomic E-state index is 13.0. The summed E-state index contributed by atoms with van der Waals surface area (Å²) in [6.45, 7) is 5.98. The van der Waals surface area contributed by atoms with E-state index in [9.17, 15) is 9.59 Å². The predicted octanol–water partition coefficient (Wildman–Crippen LogP) is 5.22. The fourth-order valence-electron chi connectivity index (χ4n) is 3.86. The number of nitrogens with one attached hydrogen (secondary N) is 1. The molecule has 5 nitrogen and oxygen atoms in total. The van der Waals surface area contributed by atoms with Crippen molar-refractivity contribution in [3.05, 3.63) is 95.6 Å². The molecule has 0 fully saturated rings. The first-order valence-corrected chi connectivity index (χ1v) is 11.5. The van der Waals surface area contributed by atoms with E-state index in [1.165, 1.54) is 0 Å². The predicted molar refractivity (Wildman–Crippen MR) is 137 cm³/mol. The highest BCUT2D eigenvalue weighted by atomic mass is 16.2. The molecule has 0 bridgehead atoms. The topological polar surface area (TPSA) is 70.9 Å². The van der Waals surface area contributed by atoms with Gasteiger partial charge in [-0.1, -0.05) is 99.6 Å². The van der Waals surface area contributed by atoms with Crippen LogP contribution < -0.4 is 5.32 Å². The second kappa shape index (κ2) is 9.96. The van der Waals surface area contributed by atoms with Crippen LogP contribution in [0.1, 0.15) is 43.9 Å². The van der Waals surface area contributed by atoms with Crippen LogP contribution in [-0.4, -0.2) is 29.7 Å². The minimum Gasteiger partial charge on any atom is -0.351 e. The molecule has 0 aromatic heterocycles. The molecule has 5 heteroatoms. The molecule has 172 valence electrons. The van der Waals surface area contributed by atoms with E-state index in [4.69, 9.17) is 0 Å². The molecule has 1 aliphatic carbocycles. The summed E-state index contributed by atoms with van der Waals surface area (Å²) in [4.78, 5) is 25.8. The van der Waals surface area contributed by atoms with Gasteiger partial charge in [0.2, 0.25) is 0 Å². The molecule has 3 aromatic rings. The van der Waals surface area contributed by atoms with Gasteiger partial charge in [0.05, 0.1) is 6.42 Å². The Kier molecular flexibility index (Phi) is 6.82. The quantitative estimate of drug-likeness (QED) is 0.309. The molecule has 0 unspecified atom stereocenters. The Labute approximate surface area is 200 Å². The van der Waals surface area contributed by atoms with Crippen molar-refractivity contribution in [1.82, 2.24) is 5.32 Å².